The number of carbonyl (C=O) groups excluding carboxylic acids is 1. The third-order valence-corrected chi connectivity index (χ3v) is 3.63. The van der Waals surface area contributed by atoms with E-state index in [1.807, 2.05) is 0 Å². The third kappa shape index (κ3) is 3.37. The van der Waals surface area contributed by atoms with Crippen molar-refractivity contribution in [2.24, 2.45) is 0 Å². The largest absolute Gasteiger partial charge is 0.354 e. The number of likely N-dealkylation sites (N-methyl/N-ethyl adjacent to an activating group) is 1. The van der Waals surface area contributed by atoms with Crippen LogP contribution in [0.3, 0.4) is 0 Å². The number of nitrogens with one attached hydrogen (secondary N) is 1. The molecule has 0 radical (unpaired) electrons. The number of rotatable bonds is 3. The second-order valence-electron chi connectivity index (χ2n) is 5.25. The van der Waals surface area contributed by atoms with Crippen LogP contribution in [0.15, 0.2) is 36.9 Å². The zero-order chi connectivity index (χ0) is 15.4. The first kappa shape index (κ1) is 14.4. The van der Waals surface area contributed by atoms with E-state index in [9.17, 15) is 4.79 Å². The quantitative estimate of drug-likeness (QED) is 0.906. The van der Waals surface area contributed by atoms with Gasteiger partial charge in [0.1, 0.15) is 17.8 Å². The molecule has 0 bridgehead atoms. The van der Waals surface area contributed by atoms with Gasteiger partial charge in [-0.2, -0.15) is 0 Å². The zero-order valence-corrected chi connectivity index (χ0v) is 12.4. The molecular formula is C15H18N6O. The summed E-state index contributed by atoms with van der Waals surface area (Å²) in [5.41, 5.74) is 1.00. The van der Waals surface area contributed by atoms with E-state index in [-0.39, 0.29) is 5.91 Å². The Morgan fingerprint density at radius 1 is 1.23 bits per heavy atom. The number of pyridine rings is 1. The van der Waals surface area contributed by atoms with Crippen LogP contribution in [0, 0.1) is 0 Å². The lowest BCUT2D eigenvalue weighted by Crippen LogP contribution is -2.44. The van der Waals surface area contributed by atoms with Crippen molar-refractivity contribution in [1.82, 2.24) is 19.9 Å². The Morgan fingerprint density at radius 3 is 2.77 bits per heavy atom. The second-order valence-corrected chi connectivity index (χ2v) is 5.25. The van der Waals surface area contributed by atoms with E-state index in [4.69, 9.17) is 0 Å². The lowest BCUT2D eigenvalue weighted by molar-refractivity contribution is 0.102. The van der Waals surface area contributed by atoms with Crippen molar-refractivity contribution < 1.29 is 4.79 Å². The molecule has 2 aromatic heterocycles. The number of hydrogen-bond donors (Lipinski definition) is 1. The van der Waals surface area contributed by atoms with E-state index >= 15 is 0 Å². The van der Waals surface area contributed by atoms with Gasteiger partial charge in [0, 0.05) is 38.4 Å². The molecule has 1 amide bonds. The number of aromatic nitrogens is 3. The Morgan fingerprint density at radius 2 is 2.05 bits per heavy atom. The SMILES string of the molecule is CN1CCN(c2cc(C(=O)Nc3cccnc3)ncn2)CC1. The van der Waals surface area contributed by atoms with Crippen LogP contribution in [0.1, 0.15) is 10.5 Å². The number of amides is 1. The molecule has 1 saturated heterocycles. The number of anilines is 2. The summed E-state index contributed by atoms with van der Waals surface area (Å²) in [6, 6.07) is 5.29. The van der Waals surface area contributed by atoms with Gasteiger partial charge in [0.25, 0.3) is 5.91 Å². The van der Waals surface area contributed by atoms with E-state index < -0.39 is 0 Å². The van der Waals surface area contributed by atoms with Crippen LogP contribution in [-0.4, -0.2) is 59.0 Å². The third-order valence-electron chi connectivity index (χ3n) is 3.63. The monoisotopic (exact) mass is 298 g/mol. The standard InChI is InChI=1S/C15H18N6O/c1-20-5-7-21(8-6-20)14-9-13(17-11-18-14)15(22)19-12-3-2-4-16-10-12/h2-4,9-11H,5-8H2,1H3,(H,19,22). The summed E-state index contributed by atoms with van der Waals surface area (Å²) in [5.74, 6) is 0.533. The van der Waals surface area contributed by atoms with Gasteiger partial charge in [0.2, 0.25) is 0 Å². The van der Waals surface area contributed by atoms with Crippen LogP contribution < -0.4 is 10.2 Å². The molecule has 3 rings (SSSR count). The molecule has 1 fully saturated rings. The van der Waals surface area contributed by atoms with Crippen LogP contribution in [0.25, 0.3) is 0 Å². The van der Waals surface area contributed by atoms with Gasteiger partial charge in [-0.1, -0.05) is 0 Å². The van der Waals surface area contributed by atoms with Crippen molar-refractivity contribution >= 4 is 17.4 Å². The predicted octanol–water partition coefficient (Wildman–Crippen LogP) is 0.876. The number of piperazine rings is 1. The van der Waals surface area contributed by atoms with Gasteiger partial charge in [-0.3, -0.25) is 9.78 Å². The number of carbonyl (C=O) groups is 1. The highest BCUT2D eigenvalue weighted by Crippen LogP contribution is 2.14. The Bertz CT molecular complexity index is 639. The molecule has 3 heterocycles. The topological polar surface area (TPSA) is 74.2 Å². The maximum atomic E-state index is 12.2. The van der Waals surface area contributed by atoms with Crippen molar-refractivity contribution in [2.45, 2.75) is 0 Å². The minimum Gasteiger partial charge on any atom is -0.354 e. The van der Waals surface area contributed by atoms with Crippen molar-refractivity contribution in [3.63, 3.8) is 0 Å². The molecule has 2 aromatic rings. The summed E-state index contributed by atoms with van der Waals surface area (Å²) in [6.07, 6.45) is 4.69. The van der Waals surface area contributed by atoms with E-state index in [0.29, 0.717) is 11.4 Å². The molecule has 0 atom stereocenters. The summed E-state index contributed by atoms with van der Waals surface area (Å²) in [6.45, 7) is 3.77. The van der Waals surface area contributed by atoms with Gasteiger partial charge < -0.3 is 15.1 Å². The van der Waals surface area contributed by atoms with Crippen LogP contribution in [0.4, 0.5) is 11.5 Å². The van der Waals surface area contributed by atoms with Gasteiger partial charge in [0.15, 0.2) is 0 Å². The number of hydrogen-bond acceptors (Lipinski definition) is 6. The summed E-state index contributed by atoms with van der Waals surface area (Å²) in [5, 5.41) is 2.78. The van der Waals surface area contributed by atoms with Gasteiger partial charge >= 0.3 is 0 Å². The predicted molar refractivity (Wildman–Crippen MR) is 83.9 cm³/mol. The van der Waals surface area contributed by atoms with Crippen LogP contribution in [0.5, 0.6) is 0 Å². The molecule has 0 aromatic carbocycles. The summed E-state index contributed by atoms with van der Waals surface area (Å²) in [4.78, 5) is 29.0. The summed E-state index contributed by atoms with van der Waals surface area (Å²) < 4.78 is 0. The van der Waals surface area contributed by atoms with E-state index in [1.54, 1.807) is 30.6 Å². The molecule has 7 nitrogen and oxygen atoms in total. The molecule has 0 saturated carbocycles. The molecule has 22 heavy (non-hydrogen) atoms. The molecule has 0 spiro atoms. The normalized spacial score (nSPS) is 15.6. The van der Waals surface area contributed by atoms with Gasteiger partial charge in [-0.05, 0) is 19.2 Å². The lowest BCUT2D eigenvalue weighted by Gasteiger charge is -2.33. The average Bonchev–Trinajstić information content (AvgIpc) is 2.56. The molecule has 1 aliphatic heterocycles. The van der Waals surface area contributed by atoms with E-state index in [2.05, 4.69) is 37.1 Å². The van der Waals surface area contributed by atoms with Crippen LogP contribution in [-0.2, 0) is 0 Å². The molecule has 0 unspecified atom stereocenters. The van der Waals surface area contributed by atoms with Crippen molar-refractivity contribution in [3.05, 3.63) is 42.6 Å². The smallest absolute Gasteiger partial charge is 0.274 e. The second kappa shape index (κ2) is 6.48. The Hall–Kier alpha value is -2.54. The first-order valence-electron chi connectivity index (χ1n) is 7.19. The molecule has 1 N–H and O–H groups in total. The summed E-state index contributed by atoms with van der Waals surface area (Å²) in [7, 11) is 2.10. The molecule has 114 valence electrons. The fourth-order valence-corrected chi connectivity index (χ4v) is 2.31. The minimum atomic E-state index is -0.259. The van der Waals surface area contributed by atoms with Crippen LogP contribution >= 0.6 is 0 Å². The first-order chi connectivity index (χ1) is 10.7. The van der Waals surface area contributed by atoms with E-state index in [0.717, 1.165) is 32.0 Å². The zero-order valence-electron chi connectivity index (χ0n) is 12.4. The van der Waals surface area contributed by atoms with Crippen molar-refractivity contribution in [3.8, 4) is 0 Å². The molecule has 7 heteroatoms. The fourth-order valence-electron chi connectivity index (χ4n) is 2.31. The van der Waals surface area contributed by atoms with Crippen molar-refractivity contribution in [1.29, 1.82) is 0 Å². The molecular weight excluding hydrogens is 280 g/mol. The molecule has 0 aliphatic carbocycles. The fraction of sp³-hybridized carbons (Fsp3) is 0.333. The Kier molecular flexibility index (Phi) is 4.24. The maximum Gasteiger partial charge on any atom is 0.274 e. The minimum absolute atomic E-state index is 0.259. The lowest BCUT2D eigenvalue weighted by atomic mass is 10.3. The highest BCUT2D eigenvalue weighted by atomic mass is 16.1. The maximum absolute atomic E-state index is 12.2. The number of nitrogens with zero attached hydrogens (tertiary/aromatic N) is 5. The average molecular weight is 298 g/mol. The molecule has 1 aliphatic rings. The first-order valence-corrected chi connectivity index (χ1v) is 7.19. The van der Waals surface area contributed by atoms with Gasteiger partial charge in [-0.15, -0.1) is 0 Å². The van der Waals surface area contributed by atoms with E-state index in [1.165, 1.54) is 6.33 Å². The highest BCUT2D eigenvalue weighted by molar-refractivity contribution is 6.03. The van der Waals surface area contributed by atoms with Gasteiger partial charge in [-0.25, -0.2) is 9.97 Å². The van der Waals surface area contributed by atoms with Gasteiger partial charge in [0.05, 0.1) is 11.9 Å². The Labute approximate surface area is 129 Å². The Balaban J connectivity index is 1.72. The summed E-state index contributed by atoms with van der Waals surface area (Å²) >= 11 is 0. The van der Waals surface area contributed by atoms with Crippen molar-refractivity contribution in [2.75, 3.05) is 43.4 Å². The van der Waals surface area contributed by atoms with Crippen LogP contribution in [0.2, 0.25) is 0 Å². The highest BCUT2D eigenvalue weighted by Gasteiger charge is 2.17.